The number of rotatable bonds is 5. The van der Waals surface area contributed by atoms with Crippen LogP contribution < -0.4 is 10.2 Å². The Morgan fingerprint density at radius 2 is 1.97 bits per heavy atom. The quantitative estimate of drug-likeness (QED) is 0.689. The Hall–Kier alpha value is -2.80. The highest BCUT2D eigenvalue weighted by Crippen LogP contribution is 2.26. The number of carbonyl (C=O) groups excluding carboxylic acids is 1. The number of hydrogen-bond donors (Lipinski definition) is 1. The summed E-state index contributed by atoms with van der Waals surface area (Å²) in [7, 11) is 0. The van der Waals surface area contributed by atoms with Gasteiger partial charge in [0.25, 0.3) is 5.91 Å². The third kappa shape index (κ3) is 4.62. The maximum Gasteiger partial charge on any atom is 0.271 e. The molecule has 150 valence electrons. The predicted molar refractivity (Wildman–Crippen MR) is 116 cm³/mol. The van der Waals surface area contributed by atoms with E-state index >= 15 is 0 Å². The molecule has 29 heavy (non-hydrogen) atoms. The number of thiazole rings is 1. The fourth-order valence-electron chi connectivity index (χ4n) is 3.51. The van der Waals surface area contributed by atoms with Crippen LogP contribution in [0.1, 0.15) is 48.7 Å². The topological polar surface area (TPSA) is 71.0 Å². The second-order valence-corrected chi connectivity index (χ2v) is 8.48. The highest BCUT2D eigenvalue weighted by Gasteiger charge is 2.24. The Balaban J connectivity index is 1.40. The Morgan fingerprint density at radius 1 is 1.21 bits per heavy atom. The summed E-state index contributed by atoms with van der Waals surface area (Å²) in [6.45, 7) is 5.97. The first-order valence-corrected chi connectivity index (χ1v) is 10.9. The van der Waals surface area contributed by atoms with Crippen LogP contribution in [-0.4, -0.2) is 40.0 Å². The minimum atomic E-state index is -0.118. The average molecular weight is 408 g/mol. The smallest absolute Gasteiger partial charge is 0.271 e. The summed E-state index contributed by atoms with van der Waals surface area (Å²) in [5, 5.41) is 5.84. The lowest BCUT2D eigenvalue weighted by atomic mass is 10.0. The SMILES string of the molecule is CC(C)c1ccc(-c2nc(C(=O)NC3CCCN(c4ncccn4)C3)cs2)cc1. The molecule has 7 heteroatoms. The molecule has 1 aliphatic heterocycles. The standard InChI is InChI=1S/C22H25N5OS/c1-15(2)16-6-8-17(9-7-16)21-26-19(14-29-21)20(28)25-18-5-3-12-27(13-18)22-23-10-4-11-24-22/h4,6-11,14-15,18H,3,5,12-13H2,1-2H3,(H,25,28). The van der Waals surface area contributed by atoms with Crippen molar-refractivity contribution in [1.29, 1.82) is 0 Å². The number of piperidine rings is 1. The van der Waals surface area contributed by atoms with Crippen molar-refractivity contribution >= 4 is 23.2 Å². The van der Waals surface area contributed by atoms with Gasteiger partial charge in [0.15, 0.2) is 0 Å². The van der Waals surface area contributed by atoms with Crippen molar-refractivity contribution in [2.24, 2.45) is 0 Å². The summed E-state index contributed by atoms with van der Waals surface area (Å²) in [5.74, 6) is 1.09. The molecule has 4 rings (SSSR count). The molecule has 1 atom stereocenters. The van der Waals surface area contributed by atoms with Crippen LogP contribution in [0.4, 0.5) is 5.95 Å². The normalized spacial score (nSPS) is 16.8. The first-order valence-electron chi connectivity index (χ1n) is 9.99. The zero-order chi connectivity index (χ0) is 20.2. The van der Waals surface area contributed by atoms with E-state index < -0.39 is 0 Å². The van der Waals surface area contributed by atoms with Gasteiger partial charge in [-0.15, -0.1) is 11.3 Å². The molecule has 1 saturated heterocycles. The number of amides is 1. The molecule has 0 spiro atoms. The number of hydrogen-bond acceptors (Lipinski definition) is 6. The highest BCUT2D eigenvalue weighted by atomic mass is 32.1. The van der Waals surface area contributed by atoms with Gasteiger partial charge in [0, 0.05) is 42.5 Å². The molecule has 6 nitrogen and oxygen atoms in total. The van der Waals surface area contributed by atoms with E-state index in [2.05, 4.69) is 63.3 Å². The van der Waals surface area contributed by atoms with Gasteiger partial charge in [-0.1, -0.05) is 38.1 Å². The van der Waals surface area contributed by atoms with Gasteiger partial charge in [-0.05, 0) is 30.4 Å². The summed E-state index contributed by atoms with van der Waals surface area (Å²) in [4.78, 5) is 28.1. The molecule has 1 N–H and O–H groups in total. The van der Waals surface area contributed by atoms with Crippen LogP contribution in [-0.2, 0) is 0 Å². The van der Waals surface area contributed by atoms with Gasteiger partial charge in [0.1, 0.15) is 10.7 Å². The Morgan fingerprint density at radius 3 is 2.69 bits per heavy atom. The van der Waals surface area contributed by atoms with Crippen molar-refractivity contribution in [1.82, 2.24) is 20.3 Å². The molecular weight excluding hydrogens is 382 g/mol. The van der Waals surface area contributed by atoms with E-state index in [4.69, 9.17) is 0 Å². The average Bonchev–Trinajstić information content (AvgIpc) is 3.25. The van der Waals surface area contributed by atoms with Crippen molar-refractivity contribution in [3.05, 3.63) is 59.4 Å². The molecule has 0 saturated carbocycles. The summed E-state index contributed by atoms with van der Waals surface area (Å²) >= 11 is 1.50. The van der Waals surface area contributed by atoms with E-state index in [1.807, 2.05) is 11.4 Å². The third-order valence-corrected chi connectivity index (χ3v) is 6.04. The van der Waals surface area contributed by atoms with E-state index in [-0.39, 0.29) is 11.9 Å². The molecule has 1 fully saturated rings. The maximum atomic E-state index is 12.7. The summed E-state index contributed by atoms with van der Waals surface area (Å²) in [6.07, 6.45) is 5.43. The maximum absolute atomic E-state index is 12.7. The van der Waals surface area contributed by atoms with Crippen LogP contribution in [0.25, 0.3) is 10.6 Å². The third-order valence-electron chi connectivity index (χ3n) is 5.15. The van der Waals surface area contributed by atoms with Gasteiger partial charge in [0.2, 0.25) is 5.95 Å². The van der Waals surface area contributed by atoms with Gasteiger partial charge in [-0.25, -0.2) is 15.0 Å². The number of nitrogens with zero attached hydrogens (tertiary/aromatic N) is 4. The minimum Gasteiger partial charge on any atom is -0.346 e. The zero-order valence-electron chi connectivity index (χ0n) is 16.7. The first kappa shape index (κ1) is 19.5. The number of benzene rings is 1. The fraction of sp³-hybridized carbons (Fsp3) is 0.364. The molecule has 1 unspecified atom stereocenters. The van der Waals surface area contributed by atoms with Crippen LogP contribution in [0, 0.1) is 0 Å². The largest absolute Gasteiger partial charge is 0.346 e. The lowest BCUT2D eigenvalue weighted by molar-refractivity contribution is 0.0928. The summed E-state index contributed by atoms with van der Waals surface area (Å²) < 4.78 is 0. The van der Waals surface area contributed by atoms with E-state index in [0.717, 1.165) is 30.0 Å². The predicted octanol–water partition coefficient (Wildman–Crippen LogP) is 4.12. The van der Waals surface area contributed by atoms with Crippen LogP contribution in [0.5, 0.6) is 0 Å². The Labute approximate surface area is 175 Å². The zero-order valence-corrected chi connectivity index (χ0v) is 17.5. The van der Waals surface area contributed by atoms with E-state index in [1.54, 1.807) is 12.4 Å². The molecule has 1 aromatic carbocycles. The monoisotopic (exact) mass is 407 g/mol. The molecule has 1 amide bonds. The van der Waals surface area contributed by atoms with Gasteiger partial charge in [-0.3, -0.25) is 4.79 Å². The second-order valence-electron chi connectivity index (χ2n) is 7.62. The molecule has 0 aliphatic carbocycles. The van der Waals surface area contributed by atoms with Gasteiger partial charge < -0.3 is 10.2 Å². The molecule has 0 radical (unpaired) electrons. The van der Waals surface area contributed by atoms with E-state index in [9.17, 15) is 4.79 Å². The minimum absolute atomic E-state index is 0.0653. The molecule has 2 aromatic heterocycles. The number of aromatic nitrogens is 3. The van der Waals surface area contributed by atoms with Crippen molar-refractivity contribution in [3.63, 3.8) is 0 Å². The Kier molecular flexibility index (Phi) is 5.85. The number of carbonyl (C=O) groups is 1. The van der Waals surface area contributed by atoms with Crippen molar-refractivity contribution < 1.29 is 4.79 Å². The number of anilines is 1. The van der Waals surface area contributed by atoms with Gasteiger partial charge in [0.05, 0.1) is 0 Å². The molecule has 1 aliphatic rings. The van der Waals surface area contributed by atoms with E-state index in [1.165, 1.54) is 16.9 Å². The molecule has 3 aromatic rings. The van der Waals surface area contributed by atoms with Gasteiger partial charge >= 0.3 is 0 Å². The first-order chi connectivity index (χ1) is 14.1. The summed E-state index contributed by atoms with van der Waals surface area (Å²) in [5.41, 5.74) is 2.82. The lowest BCUT2D eigenvalue weighted by Gasteiger charge is -2.32. The molecule has 0 bridgehead atoms. The fourth-order valence-corrected chi connectivity index (χ4v) is 4.32. The lowest BCUT2D eigenvalue weighted by Crippen LogP contribution is -2.48. The van der Waals surface area contributed by atoms with Crippen molar-refractivity contribution in [2.45, 2.75) is 38.6 Å². The Bertz CT molecular complexity index is 955. The van der Waals surface area contributed by atoms with Crippen LogP contribution in [0.3, 0.4) is 0 Å². The van der Waals surface area contributed by atoms with Crippen molar-refractivity contribution in [3.8, 4) is 10.6 Å². The highest BCUT2D eigenvalue weighted by molar-refractivity contribution is 7.13. The summed E-state index contributed by atoms with van der Waals surface area (Å²) in [6, 6.07) is 10.3. The number of nitrogens with one attached hydrogen (secondary N) is 1. The van der Waals surface area contributed by atoms with E-state index in [0.29, 0.717) is 24.1 Å². The van der Waals surface area contributed by atoms with Crippen LogP contribution >= 0.6 is 11.3 Å². The molecule has 3 heterocycles. The van der Waals surface area contributed by atoms with Crippen LogP contribution in [0.15, 0.2) is 48.1 Å². The van der Waals surface area contributed by atoms with Crippen LogP contribution in [0.2, 0.25) is 0 Å². The van der Waals surface area contributed by atoms with Gasteiger partial charge in [-0.2, -0.15) is 0 Å². The molecular formula is C22H25N5OS. The van der Waals surface area contributed by atoms with Crippen molar-refractivity contribution in [2.75, 3.05) is 18.0 Å². The second kappa shape index (κ2) is 8.69.